The fourth-order valence-electron chi connectivity index (χ4n) is 2.43. The van der Waals surface area contributed by atoms with Crippen molar-refractivity contribution in [2.75, 3.05) is 31.1 Å². The van der Waals surface area contributed by atoms with E-state index in [4.69, 9.17) is 5.11 Å². The largest absolute Gasteiger partial charge is 0.478 e. The number of anilines is 1. The first-order chi connectivity index (χ1) is 9.41. The molecule has 0 spiro atoms. The minimum absolute atomic E-state index is 0.135. The van der Waals surface area contributed by atoms with E-state index in [1.165, 1.54) is 6.07 Å². The van der Waals surface area contributed by atoms with Crippen LogP contribution in [0.15, 0.2) is 12.1 Å². The third-order valence-corrected chi connectivity index (χ3v) is 3.68. The topological polar surface area (TPSA) is 43.8 Å². The highest BCUT2D eigenvalue weighted by molar-refractivity contribution is 5.88. The number of carboxylic acids is 1. The molecule has 1 heterocycles. The van der Waals surface area contributed by atoms with E-state index in [0.717, 1.165) is 19.2 Å². The molecule has 2 rings (SSSR count). The van der Waals surface area contributed by atoms with Crippen LogP contribution >= 0.6 is 0 Å². The van der Waals surface area contributed by atoms with Crippen LogP contribution in [0.2, 0.25) is 0 Å². The van der Waals surface area contributed by atoms with Crippen molar-refractivity contribution >= 4 is 11.7 Å². The van der Waals surface area contributed by atoms with Crippen molar-refractivity contribution in [1.82, 2.24) is 4.90 Å². The zero-order valence-corrected chi connectivity index (χ0v) is 11.6. The first kappa shape index (κ1) is 14.7. The van der Waals surface area contributed by atoms with Gasteiger partial charge in [0.25, 0.3) is 0 Å². The lowest BCUT2D eigenvalue weighted by atomic mass is 10.1. The van der Waals surface area contributed by atoms with E-state index < -0.39 is 23.2 Å². The van der Waals surface area contributed by atoms with E-state index in [1.807, 2.05) is 0 Å². The highest BCUT2D eigenvalue weighted by atomic mass is 19.2. The van der Waals surface area contributed by atoms with Gasteiger partial charge >= 0.3 is 5.97 Å². The van der Waals surface area contributed by atoms with Gasteiger partial charge in [-0.05, 0) is 26.0 Å². The van der Waals surface area contributed by atoms with Crippen LogP contribution in [0.5, 0.6) is 0 Å². The number of halogens is 2. The summed E-state index contributed by atoms with van der Waals surface area (Å²) in [5.74, 6) is -3.83. The maximum atomic E-state index is 14.0. The van der Waals surface area contributed by atoms with Gasteiger partial charge in [0.1, 0.15) is 0 Å². The fourth-order valence-corrected chi connectivity index (χ4v) is 2.43. The van der Waals surface area contributed by atoms with E-state index >= 15 is 0 Å². The summed E-state index contributed by atoms with van der Waals surface area (Å²) in [6.45, 7) is 6.94. The van der Waals surface area contributed by atoms with Crippen LogP contribution in [-0.2, 0) is 0 Å². The Kier molecular flexibility index (Phi) is 4.23. The first-order valence-electron chi connectivity index (χ1n) is 6.62. The third kappa shape index (κ3) is 2.75. The molecule has 1 aromatic carbocycles. The molecule has 20 heavy (non-hydrogen) atoms. The second-order valence-corrected chi connectivity index (χ2v) is 5.18. The molecule has 1 fully saturated rings. The van der Waals surface area contributed by atoms with E-state index in [2.05, 4.69) is 18.7 Å². The van der Waals surface area contributed by atoms with Gasteiger partial charge in [-0.2, -0.15) is 0 Å². The van der Waals surface area contributed by atoms with Crippen LogP contribution in [0.25, 0.3) is 0 Å². The second kappa shape index (κ2) is 5.75. The quantitative estimate of drug-likeness (QED) is 0.924. The van der Waals surface area contributed by atoms with Crippen molar-refractivity contribution in [3.05, 3.63) is 29.3 Å². The molecule has 0 atom stereocenters. The van der Waals surface area contributed by atoms with Crippen molar-refractivity contribution in [2.45, 2.75) is 19.9 Å². The molecule has 0 amide bonds. The zero-order valence-electron chi connectivity index (χ0n) is 11.6. The Morgan fingerprint density at radius 3 is 2.25 bits per heavy atom. The van der Waals surface area contributed by atoms with Gasteiger partial charge in [-0.25, -0.2) is 13.6 Å². The Morgan fingerprint density at radius 1 is 1.15 bits per heavy atom. The van der Waals surface area contributed by atoms with Crippen LogP contribution in [0.1, 0.15) is 24.2 Å². The Labute approximate surface area is 116 Å². The summed E-state index contributed by atoms with van der Waals surface area (Å²) in [5.41, 5.74) is -0.497. The van der Waals surface area contributed by atoms with Crippen molar-refractivity contribution in [1.29, 1.82) is 0 Å². The first-order valence-corrected chi connectivity index (χ1v) is 6.62. The lowest BCUT2D eigenvalue weighted by molar-refractivity contribution is 0.0690. The van der Waals surface area contributed by atoms with Crippen molar-refractivity contribution in [3.63, 3.8) is 0 Å². The maximum Gasteiger partial charge on any atom is 0.338 e. The minimum atomic E-state index is -1.46. The summed E-state index contributed by atoms with van der Waals surface area (Å²) in [5, 5.41) is 8.76. The number of carbonyl (C=O) groups is 1. The highest BCUT2D eigenvalue weighted by Crippen LogP contribution is 2.25. The van der Waals surface area contributed by atoms with Gasteiger partial charge in [0.15, 0.2) is 11.6 Å². The Balaban J connectivity index is 2.19. The molecule has 0 unspecified atom stereocenters. The number of piperazine rings is 1. The molecular formula is C14H18F2N2O2. The molecule has 0 saturated carbocycles. The van der Waals surface area contributed by atoms with Gasteiger partial charge in [0.05, 0.1) is 11.3 Å². The summed E-state index contributed by atoms with van der Waals surface area (Å²) in [6.07, 6.45) is 0. The van der Waals surface area contributed by atoms with Gasteiger partial charge in [0.2, 0.25) is 0 Å². The molecule has 1 N–H and O–H groups in total. The number of rotatable bonds is 3. The van der Waals surface area contributed by atoms with Crippen LogP contribution in [-0.4, -0.2) is 48.2 Å². The van der Waals surface area contributed by atoms with E-state index in [9.17, 15) is 13.6 Å². The van der Waals surface area contributed by atoms with E-state index in [1.54, 1.807) is 4.90 Å². The number of hydrogen-bond donors (Lipinski definition) is 1. The molecule has 0 aromatic heterocycles. The standard InChI is InChI=1S/C14H18F2N2O2/c1-9(2)17-5-7-18(8-6-17)11-4-3-10(14(19)20)12(15)13(11)16/h3-4,9H,5-8H2,1-2H3,(H,19,20). The van der Waals surface area contributed by atoms with Crippen LogP contribution < -0.4 is 4.90 Å². The number of aromatic carboxylic acids is 1. The van der Waals surface area contributed by atoms with Gasteiger partial charge in [0, 0.05) is 32.2 Å². The minimum Gasteiger partial charge on any atom is -0.478 e. The van der Waals surface area contributed by atoms with Gasteiger partial charge < -0.3 is 10.0 Å². The summed E-state index contributed by atoms with van der Waals surface area (Å²) in [6, 6.07) is 2.88. The Bertz CT molecular complexity index is 512. The maximum absolute atomic E-state index is 14.0. The van der Waals surface area contributed by atoms with Gasteiger partial charge in [-0.15, -0.1) is 0 Å². The van der Waals surface area contributed by atoms with Gasteiger partial charge in [-0.1, -0.05) is 0 Å². The van der Waals surface area contributed by atoms with Crippen molar-refractivity contribution in [2.24, 2.45) is 0 Å². The average Bonchev–Trinajstić information content (AvgIpc) is 2.41. The van der Waals surface area contributed by atoms with Crippen LogP contribution in [0.4, 0.5) is 14.5 Å². The SMILES string of the molecule is CC(C)N1CCN(c2ccc(C(=O)O)c(F)c2F)CC1. The molecule has 1 saturated heterocycles. The predicted molar refractivity (Wildman–Crippen MR) is 72.2 cm³/mol. The van der Waals surface area contributed by atoms with E-state index in [-0.39, 0.29) is 5.69 Å². The summed E-state index contributed by atoms with van der Waals surface area (Å²) in [4.78, 5) is 14.8. The number of hydrogen-bond acceptors (Lipinski definition) is 3. The van der Waals surface area contributed by atoms with Gasteiger partial charge in [-0.3, -0.25) is 4.90 Å². The average molecular weight is 284 g/mol. The normalized spacial score (nSPS) is 16.8. The van der Waals surface area contributed by atoms with E-state index in [0.29, 0.717) is 19.1 Å². The molecular weight excluding hydrogens is 266 g/mol. The molecule has 1 aliphatic heterocycles. The smallest absolute Gasteiger partial charge is 0.338 e. The molecule has 1 aliphatic rings. The number of carboxylic acid groups (broad SMARTS) is 1. The predicted octanol–water partition coefficient (Wildman–Crippen LogP) is 2.19. The van der Waals surface area contributed by atoms with Crippen LogP contribution in [0.3, 0.4) is 0 Å². The molecule has 0 radical (unpaired) electrons. The number of nitrogens with zero attached hydrogens (tertiary/aromatic N) is 2. The Morgan fingerprint density at radius 2 is 1.75 bits per heavy atom. The fraction of sp³-hybridized carbons (Fsp3) is 0.500. The van der Waals surface area contributed by atoms with Crippen molar-refractivity contribution in [3.8, 4) is 0 Å². The lowest BCUT2D eigenvalue weighted by Gasteiger charge is -2.38. The summed E-state index contributed by atoms with van der Waals surface area (Å²) < 4.78 is 27.6. The molecule has 6 heteroatoms. The summed E-state index contributed by atoms with van der Waals surface area (Å²) >= 11 is 0. The highest BCUT2D eigenvalue weighted by Gasteiger charge is 2.24. The molecule has 0 bridgehead atoms. The lowest BCUT2D eigenvalue weighted by Crippen LogP contribution is -2.49. The summed E-state index contributed by atoms with van der Waals surface area (Å²) in [7, 11) is 0. The third-order valence-electron chi connectivity index (χ3n) is 3.68. The monoisotopic (exact) mass is 284 g/mol. The zero-order chi connectivity index (χ0) is 14.9. The molecule has 0 aliphatic carbocycles. The number of benzene rings is 1. The van der Waals surface area contributed by atoms with Crippen LogP contribution in [0, 0.1) is 11.6 Å². The molecule has 110 valence electrons. The molecule has 1 aromatic rings. The Hall–Kier alpha value is -1.69. The second-order valence-electron chi connectivity index (χ2n) is 5.18. The molecule has 4 nitrogen and oxygen atoms in total. The van der Waals surface area contributed by atoms with Crippen molar-refractivity contribution < 1.29 is 18.7 Å².